The smallest absolute Gasteiger partial charge is 0.398 e. The Labute approximate surface area is 109 Å². The summed E-state index contributed by atoms with van der Waals surface area (Å²) in [4.78, 5) is 12.1. The van der Waals surface area contributed by atoms with E-state index in [1.165, 1.54) is 0 Å². The van der Waals surface area contributed by atoms with Crippen LogP contribution in [0, 0.1) is 5.92 Å². The van der Waals surface area contributed by atoms with Crippen LogP contribution in [0.1, 0.15) is 48.0 Å². The van der Waals surface area contributed by atoms with Gasteiger partial charge in [-0.2, -0.15) is 13.2 Å². The van der Waals surface area contributed by atoms with Crippen molar-refractivity contribution < 1.29 is 18.0 Å². The lowest BCUT2D eigenvalue weighted by molar-refractivity contribution is -0.137. The summed E-state index contributed by atoms with van der Waals surface area (Å²) in [5.41, 5.74) is 4.92. The predicted octanol–water partition coefficient (Wildman–Crippen LogP) is 4.05. The van der Waals surface area contributed by atoms with Gasteiger partial charge < -0.3 is 5.73 Å². The van der Waals surface area contributed by atoms with Gasteiger partial charge in [0.15, 0.2) is 5.78 Å². The van der Waals surface area contributed by atoms with Crippen LogP contribution in [0.2, 0.25) is 0 Å². The molecule has 0 saturated heterocycles. The average molecular weight is 271 g/mol. The minimum absolute atomic E-state index is 0.00160. The Morgan fingerprint density at radius 1 is 1.26 bits per heavy atom. The number of ketones is 1. The van der Waals surface area contributed by atoms with Crippen molar-refractivity contribution in [2.24, 2.45) is 5.92 Å². The van der Waals surface area contributed by atoms with Gasteiger partial charge in [0.05, 0.1) is 5.56 Å². The average Bonchev–Trinajstić information content (AvgIpc) is 2.80. The lowest BCUT2D eigenvalue weighted by Crippen LogP contribution is -2.12. The summed E-state index contributed by atoms with van der Waals surface area (Å²) in [6, 6.07) is 2.93. The van der Waals surface area contributed by atoms with Gasteiger partial charge in [0.2, 0.25) is 0 Å². The molecule has 1 aliphatic carbocycles. The molecule has 0 unspecified atom stereocenters. The minimum Gasteiger partial charge on any atom is -0.398 e. The minimum atomic E-state index is -4.45. The van der Waals surface area contributed by atoms with Crippen molar-refractivity contribution in [2.75, 3.05) is 5.73 Å². The fourth-order valence-corrected chi connectivity index (χ4v) is 2.56. The summed E-state index contributed by atoms with van der Waals surface area (Å²) in [6.07, 6.45) is -0.0111. The zero-order chi connectivity index (χ0) is 14.0. The van der Waals surface area contributed by atoms with Gasteiger partial charge >= 0.3 is 6.18 Å². The number of carbonyl (C=O) groups excluding carboxylic acids is 1. The SMILES string of the molecule is Nc1ccc(C(F)(F)F)cc1C(=O)CC1CCCC1. The molecule has 0 radical (unpaired) electrons. The van der Waals surface area contributed by atoms with Crippen LogP contribution in [0.4, 0.5) is 18.9 Å². The number of alkyl halides is 3. The second-order valence-corrected chi connectivity index (χ2v) is 5.08. The van der Waals surface area contributed by atoms with Crippen LogP contribution >= 0.6 is 0 Å². The van der Waals surface area contributed by atoms with E-state index in [2.05, 4.69) is 0 Å². The first-order valence-electron chi connectivity index (χ1n) is 6.38. The van der Waals surface area contributed by atoms with Crippen LogP contribution in [0.5, 0.6) is 0 Å². The van der Waals surface area contributed by atoms with Crippen molar-refractivity contribution in [1.29, 1.82) is 0 Å². The maximum Gasteiger partial charge on any atom is 0.416 e. The maximum atomic E-state index is 12.6. The molecule has 104 valence electrons. The molecule has 0 amide bonds. The van der Waals surface area contributed by atoms with Gasteiger partial charge in [-0.1, -0.05) is 25.7 Å². The lowest BCUT2D eigenvalue weighted by atomic mass is 9.95. The van der Waals surface area contributed by atoms with Gasteiger partial charge in [0.1, 0.15) is 0 Å². The molecule has 0 aromatic heterocycles. The zero-order valence-electron chi connectivity index (χ0n) is 10.5. The van der Waals surface area contributed by atoms with Gasteiger partial charge in [0.25, 0.3) is 0 Å². The molecule has 1 aromatic carbocycles. The highest BCUT2D eigenvalue weighted by Gasteiger charge is 2.31. The molecule has 0 spiro atoms. The monoisotopic (exact) mass is 271 g/mol. The molecule has 1 aliphatic rings. The first-order chi connectivity index (χ1) is 8.88. The molecule has 0 bridgehead atoms. The molecule has 0 heterocycles. The molecule has 1 fully saturated rings. The first kappa shape index (κ1) is 13.9. The first-order valence-corrected chi connectivity index (χ1v) is 6.38. The third-order valence-electron chi connectivity index (χ3n) is 3.63. The number of hydrogen-bond acceptors (Lipinski definition) is 2. The van der Waals surface area contributed by atoms with Crippen LogP contribution < -0.4 is 5.73 Å². The number of carbonyl (C=O) groups is 1. The summed E-state index contributed by atoms with van der Waals surface area (Å²) in [5.74, 6) is 0.0111. The van der Waals surface area contributed by atoms with Crippen molar-refractivity contribution in [1.82, 2.24) is 0 Å². The summed E-state index contributed by atoms with van der Waals surface area (Å²) >= 11 is 0. The summed E-state index contributed by atoms with van der Waals surface area (Å²) in [7, 11) is 0. The predicted molar refractivity (Wildman–Crippen MR) is 66.8 cm³/mol. The van der Waals surface area contributed by atoms with E-state index in [0.717, 1.165) is 43.9 Å². The van der Waals surface area contributed by atoms with Crippen molar-refractivity contribution in [2.45, 2.75) is 38.3 Å². The Bertz CT molecular complexity index is 476. The Hall–Kier alpha value is -1.52. The van der Waals surface area contributed by atoms with Crippen molar-refractivity contribution in [3.05, 3.63) is 29.3 Å². The Balaban J connectivity index is 2.20. The molecule has 2 N–H and O–H groups in total. The van der Waals surface area contributed by atoms with Gasteiger partial charge in [-0.3, -0.25) is 4.79 Å². The van der Waals surface area contributed by atoms with Crippen LogP contribution in [-0.2, 0) is 6.18 Å². The molecule has 0 atom stereocenters. The molecule has 1 saturated carbocycles. The zero-order valence-corrected chi connectivity index (χ0v) is 10.5. The highest BCUT2D eigenvalue weighted by molar-refractivity contribution is 6.01. The molecule has 19 heavy (non-hydrogen) atoms. The standard InChI is InChI=1S/C14H16F3NO/c15-14(16,17)10-5-6-12(18)11(8-10)13(19)7-9-3-1-2-4-9/h5-6,8-9H,1-4,7,18H2. The number of anilines is 1. The highest BCUT2D eigenvalue weighted by Crippen LogP contribution is 2.33. The molecular formula is C14H16F3NO. The second-order valence-electron chi connectivity index (χ2n) is 5.08. The largest absolute Gasteiger partial charge is 0.416 e. The van der Waals surface area contributed by atoms with Gasteiger partial charge in [-0.25, -0.2) is 0 Å². The quantitative estimate of drug-likeness (QED) is 0.665. The molecule has 0 aliphatic heterocycles. The molecule has 1 aromatic rings. The summed E-state index contributed by atoms with van der Waals surface area (Å²) in [6.45, 7) is 0. The van der Waals surface area contributed by atoms with Gasteiger partial charge in [0, 0.05) is 17.7 Å². The number of nitrogens with two attached hydrogens (primary N) is 1. The van der Waals surface area contributed by atoms with E-state index in [1.54, 1.807) is 0 Å². The van der Waals surface area contributed by atoms with E-state index < -0.39 is 11.7 Å². The van der Waals surface area contributed by atoms with E-state index >= 15 is 0 Å². The summed E-state index contributed by atoms with van der Waals surface area (Å²) in [5, 5.41) is 0. The number of nitrogen functional groups attached to an aromatic ring is 1. The van der Waals surface area contributed by atoms with E-state index in [1.807, 2.05) is 0 Å². The number of halogens is 3. The number of Topliss-reactive ketones (excluding diaryl/α,β-unsaturated/α-hetero) is 1. The van der Waals surface area contributed by atoms with Crippen LogP contribution in [-0.4, -0.2) is 5.78 Å². The third-order valence-corrected chi connectivity index (χ3v) is 3.63. The van der Waals surface area contributed by atoms with Crippen LogP contribution in [0.25, 0.3) is 0 Å². The number of rotatable bonds is 3. The Morgan fingerprint density at radius 3 is 2.47 bits per heavy atom. The molecular weight excluding hydrogens is 255 g/mol. The van der Waals surface area contributed by atoms with Crippen molar-refractivity contribution >= 4 is 11.5 Å². The topological polar surface area (TPSA) is 43.1 Å². The normalized spacial score (nSPS) is 16.8. The van der Waals surface area contributed by atoms with E-state index in [4.69, 9.17) is 5.73 Å². The summed E-state index contributed by atoms with van der Waals surface area (Å²) < 4.78 is 37.8. The van der Waals surface area contributed by atoms with E-state index in [9.17, 15) is 18.0 Å². The van der Waals surface area contributed by atoms with Crippen LogP contribution in [0.15, 0.2) is 18.2 Å². The van der Waals surface area contributed by atoms with Gasteiger partial charge in [-0.05, 0) is 24.1 Å². The molecule has 5 heteroatoms. The second kappa shape index (κ2) is 5.23. The van der Waals surface area contributed by atoms with Gasteiger partial charge in [-0.15, -0.1) is 0 Å². The maximum absolute atomic E-state index is 12.6. The fraction of sp³-hybridized carbons (Fsp3) is 0.500. The lowest BCUT2D eigenvalue weighted by Gasteiger charge is -2.12. The van der Waals surface area contributed by atoms with Crippen LogP contribution in [0.3, 0.4) is 0 Å². The molecule has 2 nitrogen and oxygen atoms in total. The van der Waals surface area contributed by atoms with E-state index in [-0.39, 0.29) is 17.0 Å². The fourth-order valence-electron chi connectivity index (χ4n) is 2.56. The van der Waals surface area contributed by atoms with E-state index in [0.29, 0.717) is 12.3 Å². The third kappa shape index (κ3) is 3.28. The van der Waals surface area contributed by atoms with Crippen molar-refractivity contribution in [3.63, 3.8) is 0 Å². The highest BCUT2D eigenvalue weighted by atomic mass is 19.4. The Morgan fingerprint density at radius 2 is 1.89 bits per heavy atom. The number of benzene rings is 1. The number of hydrogen-bond donors (Lipinski definition) is 1. The molecule has 2 rings (SSSR count). The van der Waals surface area contributed by atoms with Crippen molar-refractivity contribution in [3.8, 4) is 0 Å². The Kier molecular flexibility index (Phi) is 3.83.